The lowest BCUT2D eigenvalue weighted by Gasteiger charge is -2.19. The van der Waals surface area contributed by atoms with Crippen molar-refractivity contribution in [3.05, 3.63) is 64.7 Å². The molecular formula is C22H24ClN3O3. The van der Waals surface area contributed by atoms with E-state index in [-0.39, 0.29) is 18.5 Å². The van der Waals surface area contributed by atoms with E-state index in [1.165, 1.54) is 0 Å². The number of rotatable bonds is 6. The number of fused-ring (bicyclic) bond motifs is 1. The topological polar surface area (TPSA) is 81.7 Å². The molecule has 6 nitrogen and oxygen atoms in total. The molecular weight excluding hydrogens is 390 g/mol. The van der Waals surface area contributed by atoms with Crippen LogP contribution in [-0.2, 0) is 17.8 Å². The molecule has 0 bridgehead atoms. The number of anilines is 1. The Labute approximate surface area is 174 Å². The number of nitrogens with one attached hydrogen (secondary N) is 2. The number of carbonyl (C=O) groups is 2. The smallest absolute Gasteiger partial charge is 0.319 e. The third-order valence-electron chi connectivity index (χ3n) is 5.87. The molecule has 0 spiro atoms. The van der Waals surface area contributed by atoms with Crippen molar-refractivity contribution in [1.29, 1.82) is 0 Å². The lowest BCUT2D eigenvalue weighted by Crippen LogP contribution is -2.33. The molecule has 0 radical (unpaired) electrons. The molecule has 3 atom stereocenters. The van der Waals surface area contributed by atoms with Crippen LogP contribution in [0.3, 0.4) is 0 Å². The standard InChI is InChI=1S/C22H24ClN3O3/c23-16-5-1-15(2-6-16)10-24-22(29)25-17-7-3-14(4-8-17)9-21(28)26-11-18-19(12-26)20(18)13-27/h1-8,18-20,27H,9-13H2,(H2,24,25,29)/t18-,19+,20+. The van der Waals surface area contributed by atoms with Gasteiger partial charge in [-0.25, -0.2) is 4.79 Å². The lowest BCUT2D eigenvalue weighted by molar-refractivity contribution is -0.130. The first-order valence-electron chi connectivity index (χ1n) is 9.80. The van der Waals surface area contributed by atoms with Crippen LogP contribution < -0.4 is 10.6 Å². The summed E-state index contributed by atoms with van der Waals surface area (Å²) in [4.78, 5) is 26.4. The predicted molar refractivity (Wildman–Crippen MR) is 112 cm³/mol. The Hall–Kier alpha value is -2.57. The van der Waals surface area contributed by atoms with Crippen LogP contribution in [0.1, 0.15) is 11.1 Å². The van der Waals surface area contributed by atoms with E-state index in [2.05, 4.69) is 10.6 Å². The molecule has 2 aromatic carbocycles. The summed E-state index contributed by atoms with van der Waals surface area (Å²) in [6, 6.07) is 14.3. The van der Waals surface area contributed by atoms with Crippen molar-refractivity contribution in [1.82, 2.24) is 10.2 Å². The summed E-state index contributed by atoms with van der Waals surface area (Å²) in [6.07, 6.45) is 0.353. The number of piperidine rings is 1. The van der Waals surface area contributed by atoms with Gasteiger partial charge in [0.15, 0.2) is 0 Å². The Morgan fingerprint density at radius 1 is 1.00 bits per heavy atom. The maximum absolute atomic E-state index is 12.5. The number of aliphatic hydroxyl groups is 1. The number of hydrogen-bond acceptors (Lipinski definition) is 3. The van der Waals surface area contributed by atoms with E-state index in [4.69, 9.17) is 11.6 Å². The maximum Gasteiger partial charge on any atom is 0.319 e. The SMILES string of the molecule is O=C(NCc1ccc(Cl)cc1)Nc1ccc(CC(=O)N2C[C@@H]3[C@@H](CO)[C@@H]3C2)cc1. The third-order valence-corrected chi connectivity index (χ3v) is 6.12. The van der Waals surface area contributed by atoms with Crippen LogP contribution in [0.4, 0.5) is 10.5 Å². The van der Waals surface area contributed by atoms with Gasteiger partial charge in [0.05, 0.1) is 6.42 Å². The second-order valence-corrected chi connectivity index (χ2v) is 8.22. The van der Waals surface area contributed by atoms with Gasteiger partial charge in [-0.15, -0.1) is 0 Å². The molecule has 1 saturated heterocycles. The molecule has 1 aliphatic carbocycles. The minimum atomic E-state index is -0.293. The van der Waals surface area contributed by atoms with Crippen molar-refractivity contribution >= 4 is 29.2 Å². The van der Waals surface area contributed by atoms with Crippen molar-refractivity contribution in [2.45, 2.75) is 13.0 Å². The predicted octanol–water partition coefficient (Wildman–Crippen LogP) is 2.90. The van der Waals surface area contributed by atoms with Crippen LogP contribution in [-0.4, -0.2) is 41.6 Å². The van der Waals surface area contributed by atoms with Gasteiger partial charge in [0, 0.05) is 37.0 Å². The van der Waals surface area contributed by atoms with E-state index in [0.29, 0.717) is 41.4 Å². The van der Waals surface area contributed by atoms with E-state index < -0.39 is 0 Å². The second kappa shape index (κ2) is 8.43. The van der Waals surface area contributed by atoms with Crippen molar-refractivity contribution in [2.75, 3.05) is 25.0 Å². The summed E-state index contributed by atoms with van der Waals surface area (Å²) < 4.78 is 0. The molecule has 4 rings (SSSR count). The summed E-state index contributed by atoms with van der Waals surface area (Å²) in [5.41, 5.74) is 2.55. The van der Waals surface area contributed by atoms with Gasteiger partial charge in [0.1, 0.15) is 0 Å². The molecule has 2 fully saturated rings. The summed E-state index contributed by atoms with van der Waals surface area (Å²) in [7, 11) is 0. The highest BCUT2D eigenvalue weighted by molar-refractivity contribution is 6.30. The Balaban J connectivity index is 1.22. The maximum atomic E-state index is 12.5. The van der Waals surface area contributed by atoms with Gasteiger partial charge in [-0.2, -0.15) is 0 Å². The van der Waals surface area contributed by atoms with Crippen LogP contribution in [0.2, 0.25) is 5.02 Å². The highest BCUT2D eigenvalue weighted by Crippen LogP contribution is 2.51. The van der Waals surface area contributed by atoms with Crippen molar-refractivity contribution in [3.8, 4) is 0 Å². The number of likely N-dealkylation sites (tertiary alicyclic amines) is 1. The fraction of sp³-hybridized carbons (Fsp3) is 0.364. The zero-order valence-electron chi connectivity index (χ0n) is 16.0. The van der Waals surface area contributed by atoms with E-state index >= 15 is 0 Å². The van der Waals surface area contributed by atoms with Crippen LogP contribution in [0.15, 0.2) is 48.5 Å². The van der Waals surface area contributed by atoms with E-state index in [0.717, 1.165) is 24.2 Å². The first-order valence-corrected chi connectivity index (χ1v) is 10.2. The number of carbonyl (C=O) groups excluding carboxylic acids is 2. The van der Waals surface area contributed by atoms with Gasteiger partial charge in [-0.1, -0.05) is 35.9 Å². The van der Waals surface area contributed by atoms with Crippen LogP contribution in [0.5, 0.6) is 0 Å². The van der Waals surface area contributed by atoms with Crippen molar-refractivity contribution < 1.29 is 14.7 Å². The average Bonchev–Trinajstić information content (AvgIpc) is 3.19. The number of amides is 3. The minimum absolute atomic E-state index is 0.121. The molecule has 7 heteroatoms. The molecule has 0 aromatic heterocycles. The van der Waals surface area contributed by atoms with Gasteiger partial charge >= 0.3 is 6.03 Å². The van der Waals surface area contributed by atoms with E-state index in [1.807, 2.05) is 29.2 Å². The Morgan fingerprint density at radius 3 is 2.24 bits per heavy atom. The first-order chi connectivity index (χ1) is 14.0. The number of halogens is 1. The quantitative estimate of drug-likeness (QED) is 0.681. The Kier molecular flexibility index (Phi) is 5.74. The van der Waals surface area contributed by atoms with Crippen LogP contribution >= 0.6 is 11.6 Å². The molecule has 29 heavy (non-hydrogen) atoms. The zero-order chi connectivity index (χ0) is 20.4. The fourth-order valence-electron chi connectivity index (χ4n) is 4.08. The third kappa shape index (κ3) is 4.71. The lowest BCUT2D eigenvalue weighted by atomic mass is 10.1. The zero-order valence-corrected chi connectivity index (χ0v) is 16.7. The highest BCUT2D eigenvalue weighted by Gasteiger charge is 2.55. The molecule has 1 saturated carbocycles. The molecule has 3 amide bonds. The molecule has 2 aliphatic rings. The largest absolute Gasteiger partial charge is 0.396 e. The number of benzene rings is 2. The minimum Gasteiger partial charge on any atom is -0.396 e. The van der Waals surface area contributed by atoms with Crippen LogP contribution in [0.25, 0.3) is 0 Å². The second-order valence-electron chi connectivity index (χ2n) is 7.78. The normalized spacial score (nSPS) is 22.1. The Bertz CT molecular complexity index is 873. The summed E-state index contributed by atoms with van der Waals surface area (Å²) >= 11 is 5.85. The summed E-state index contributed by atoms with van der Waals surface area (Å²) in [5.74, 6) is 1.49. The van der Waals surface area contributed by atoms with Gasteiger partial charge < -0.3 is 20.6 Å². The van der Waals surface area contributed by atoms with Crippen LogP contribution in [0, 0.1) is 17.8 Å². The first kappa shape index (κ1) is 19.7. The summed E-state index contributed by atoms with van der Waals surface area (Å²) in [6.45, 7) is 2.17. The van der Waals surface area contributed by atoms with Gasteiger partial charge in [0.2, 0.25) is 5.91 Å². The highest BCUT2D eigenvalue weighted by atomic mass is 35.5. The number of aliphatic hydroxyl groups excluding tert-OH is 1. The van der Waals surface area contributed by atoms with Gasteiger partial charge in [-0.3, -0.25) is 4.79 Å². The molecule has 0 unspecified atom stereocenters. The Morgan fingerprint density at radius 2 is 1.62 bits per heavy atom. The molecule has 1 heterocycles. The van der Waals surface area contributed by atoms with E-state index in [1.54, 1.807) is 24.3 Å². The number of hydrogen-bond donors (Lipinski definition) is 3. The molecule has 3 N–H and O–H groups in total. The molecule has 1 aliphatic heterocycles. The van der Waals surface area contributed by atoms with Crippen molar-refractivity contribution in [3.63, 3.8) is 0 Å². The van der Waals surface area contributed by atoms with Gasteiger partial charge in [-0.05, 0) is 53.1 Å². The van der Waals surface area contributed by atoms with E-state index in [9.17, 15) is 14.7 Å². The molecule has 2 aromatic rings. The number of nitrogens with zero attached hydrogens (tertiary/aromatic N) is 1. The molecule has 152 valence electrons. The fourth-order valence-corrected chi connectivity index (χ4v) is 4.20. The van der Waals surface area contributed by atoms with Crippen molar-refractivity contribution in [2.24, 2.45) is 17.8 Å². The monoisotopic (exact) mass is 413 g/mol. The summed E-state index contributed by atoms with van der Waals surface area (Å²) in [5, 5.41) is 15.5. The number of urea groups is 1. The average molecular weight is 414 g/mol. The van der Waals surface area contributed by atoms with Gasteiger partial charge in [0.25, 0.3) is 0 Å².